The van der Waals surface area contributed by atoms with Crippen LogP contribution < -0.4 is 5.32 Å². The minimum Gasteiger partial charge on any atom is -0.352 e. The second-order valence-corrected chi connectivity index (χ2v) is 4.39. The van der Waals surface area contributed by atoms with Gasteiger partial charge in [0.05, 0.1) is 6.04 Å². The summed E-state index contributed by atoms with van der Waals surface area (Å²) >= 11 is 0. The summed E-state index contributed by atoms with van der Waals surface area (Å²) in [6.07, 6.45) is 2.36. The van der Waals surface area contributed by atoms with Gasteiger partial charge in [-0.1, -0.05) is 6.92 Å². The van der Waals surface area contributed by atoms with Crippen LogP contribution in [-0.4, -0.2) is 32.6 Å². The molecule has 0 amide bonds. The zero-order valence-corrected chi connectivity index (χ0v) is 8.67. The highest BCUT2D eigenvalue weighted by Gasteiger charge is 2.51. The van der Waals surface area contributed by atoms with Gasteiger partial charge in [-0.25, -0.2) is 0 Å². The zero-order valence-electron chi connectivity index (χ0n) is 8.67. The quantitative estimate of drug-likeness (QED) is 0.651. The molecule has 13 heavy (non-hydrogen) atoms. The number of hydrogen-bond acceptors (Lipinski definition) is 3. The highest BCUT2D eigenvalue weighted by atomic mass is 16.7. The van der Waals surface area contributed by atoms with Crippen LogP contribution in [0.2, 0.25) is 0 Å². The molecule has 2 heterocycles. The first-order valence-corrected chi connectivity index (χ1v) is 5.05. The predicted octanol–water partition coefficient (Wildman–Crippen LogP) is 0.993. The van der Waals surface area contributed by atoms with Gasteiger partial charge in [-0.2, -0.15) is 0 Å². The van der Waals surface area contributed by atoms with Gasteiger partial charge in [0.1, 0.15) is 0 Å². The largest absolute Gasteiger partial charge is 0.352 e. The van der Waals surface area contributed by atoms with E-state index in [0.717, 1.165) is 18.9 Å². The lowest BCUT2D eigenvalue weighted by Crippen LogP contribution is -2.66. The molecular weight excluding hydrogens is 166 g/mol. The lowest BCUT2D eigenvalue weighted by Gasteiger charge is -2.53. The first-order chi connectivity index (χ1) is 6.22. The van der Waals surface area contributed by atoms with Gasteiger partial charge >= 0.3 is 0 Å². The van der Waals surface area contributed by atoms with Crippen LogP contribution in [0.25, 0.3) is 0 Å². The number of ether oxygens (including phenoxy) is 2. The molecule has 3 unspecified atom stereocenters. The number of fused-ring (bicyclic) bond motifs is 3. The van der Waals surface area contributed by atoms with E-state index in [4.69, 9.17) is 9.47 Å². The smallest absolute Gasteiger partial charge is 0.183 e. The van der Waals surface area contributed by atoms with Crippen molar-refractivity contribution in [1.82, 2.24) is 5.32 Å². The minimum absolute atomic E-state index is 0.361. The molecule has 76 valence electrons. The maximum absolute atomic E-state index is 5.55. The SMILES string of the molecule is COC1(OC)CC2CNC1C(C)C2. The lowest BCUT2D eigenvalue weighted by molar-refractivity contribution is -0.267. The summed E-state index contributed by atoms with van der Waals surface area (Å²) in [5.41, 5.74) is 0. The van der Waals surface area contributed by atoms with Crippen molar-refractivity contribution >= 4 is 0 Å². The van der Waals surface area contributed by atoms with Crippen LogP contribution >= 0.6 is 0 Å². The van der Waals surface area contributed by atoms with Gasteiger partial charge in [0.25, 0.3) is 0 Å². The maximum atomic E-state index is 5.55. The molecule has 3 rings (SSSR count). The normalized spacial score (nSPS) is 42.2. The van der Waals surface area contributed by atoms with Crippen LogP contribution in [0.15, 0.2) is 0 Å². The molecule has 1 N–H and O–H groups in total. The molecule has 3 aliphatic rings. The second-order valence-electron chi connectivity index (χ2n) is 4.39. The van der Waals surface area contributed by atoms with Crippen molar-refractivity contribution in [2.75, 3.05) is 20.8 Å². The fourth-order valence-corrected chi connectivity index (χ4v) is 3.02. The van der Waals surface area contributed by atoms with E-state index in [0.29, 0.717) is 12.0 Å². The van der Waals surface area contributed by atoms with Crippen LogP contribution in [-0.2, 0) is 9.47 Å². The molecule has 3 heteroatoms. The van der Waals surface area contributed by atoms with Crippen molar-refractivity contribution in [3.05, 3.63) is 0 Å². The molecule has 1 saturated carbocycles. The molecule has 3 nitrogen and oxygen atoms in total. The number of piperidine rings is 2. The molecule has 0 aromatic rings. The number of nitrogens with one attached hydrogen (secondary N) is 1. The standard InChI is InChI=1S/C10H19NO2/c1-7-4-8-5-10(12-2,13-3)9(7)11-6-8/h7-9,11H,4-6H2,1-3H3. The van der Waals surface area contributed by atoms with Gasteiger partial charge < -0.3 is 14.8 Å². The van der Waals surface area contributed by atoms with E-state index < -0.39 is 0 Å². The Morgan fingerprint density at radius 2 is 2.00 bits per heavy atom. The molecule has 0 spiro atoms. The van der Waals surface area contributed by atoms with E-state index in [2.05, 4.69) is 12.2 Å². The average Bonchev–Trinajstić information content (AvgIpc) is 2.18. The van der Waals surface area contributed by atoms with Crippen LogP contribution in [0.5, 0.6) is 0 Å². The number of hydrogen-bond donors (Lipinski definition) is 1. The van der Waals surface area contributed by atoms with Crippen molar-refractivity contribution in [2.45, 2.75) is 31.6 Å². The fourth-order valence-electron chi connectivity index (χ4n) is 3.02. The molecule has 1 aliphatic carbocycles. The van der Waals surface area contributed by atoms with Gasteiger partial charge in [0, 0.05) is 20.6 Å². The Morgan fingerprint density at radius 1 is 1.31 bits per heavy atom. The Kier molecular flexibility index (Phi) is 2.34. The summed E-state index contributed by atoms with van der Waals surface area (Å²) in [7, 11) is 3.50. The molecule has 0 radical (unpaired) electrons. The Labute approximate surface area is 79.8 Å². The Hall–Kier alpha value is -0.120. The van der Waals surface area contributed by atoms with Crippen LogP contribution in [0.3, 0.4) is 0 Å². The third-order valence-electron chi connectivity index (χ3n) is 3.64. The van der Waals surface area contributed by atoms with E-state index >= 15 is 0 Å². The fraction of sp³-hybridized carbons (Fsp3) is 1.00. The first-order valence-electron chi connectivity index (χ1n) is 5.05. The third kappa shape index (κ3) is 1.30. The Bertz CT molecular complexity index is 191. The van der Waals surface area contributed by atoms with Gasteiger partial charge in [0.15, 0.2) is 5.79 Å². The Morgan fingerprint density at radius 3 is 2.38 bits per heavy atom. The molecule has 3 fully saturated rings. The summed E-state index contributed by atoms with van der Waals surface area (Å²) in [4.78, 5) is 0. The van der Waals surface area contributed by atoms with E-state index in [1.54, 1.807) is 14.2 Å². The van der Waals surface area contributed by atoms with Crippen LogP contribution in [0, 0.1) is 11.8 Å². The number of rotatable bonds is 2. The highest BCUT2D eigenvalue weighted by Crippen LogP contribution is 2.42. The molecule has 2 bridgehead atoms. The average molecular weight is 185 g/mol. The van der Waals surface area contributed by atoms with Crippen molar-refractivity contribution in [3.8, 4) is 0 Å². The predicted molar refractivity (Wildman–Crippen MR) is 50.4 cm³/mol. The van der Waals surface area contributed by atoms with E-state index in [1.807, 2.05) is 0 Å². The molecule has 0 aromatic heterocycles. The molecule has 2 aliphatic heterocycles. The van der Waals surface area contributed by atoms with Crippen molar-refractivity contribution in [2.24, 2.45) is 11.8 Å². The summed E-state index contributed by atoms with van der Waals surface area (Å²) in [5, 5.41) is 3.51. The number of methoxy groups -OCH3 is 2. The van der Waals surface area contributed by atoms with E-state index in [9.17, 15) is 0 Å². The molecule has 0 aromatic carbocycles. The second kappa shape index (κ2) is 3.23. The van der Waals surface area contributed by atoms with Crippen molar-refractivity contribution < 1.29 is 9.47 Å². The molecule has 2 saturated heterocycles. The van der Waals surface area contributed by atoms with E-state index in [1.165, 1.54) is 6.42 Å². The maximum Gasteiger partial charge on any atom is 0.183 e. The van der Waals surface area contributed by atoms with Gasteiger partial charge in [-0.3, -0.25) is 0 Å². The van der Waals surface area contributed by atoms with Gasteiger partial charge in [-0.15, -0.1) is 0 Å². The van der Waals surface area contributed by atoms with Crippen LogP contribution in [0.1, 0.15) is 19.8 Å². The lowest BCUT2D eigenvalue weighted by atomic mass is 9.71. The molecular formula is C10H19NO2. The minimum atomic E-state index is -0.361. The first kappa shape index (κ1) is 9.44. The van der Waals surface area contributed by atoms with E-state index in [-0.39, 0.29) is 5.79 Å². The zero-order chi connectivity index (χ0) is 9.47. The molecule has 3 atom stereocenters. The van der Waals surface area contributed by atoms with Gasteiger partial charge in [0.2, 0.25) is 0 Å². The summed E-state index contributed by atoms with van der Waals surface area (Å²) in [6, 6.07) is 0.368. The summed E-state index contributed by atoms with van der Waals surface area (Å²) in [6.45, 7) is 3.40. The van der Waals surface area contributed by atoms with Crippen molar-refractivity contribution in [3.63, 3.8) is 0 Å². The van der Waals surface area contributed by atoms with Gasteiger partial charge in [-0.05, 0) is 24.8 Å². The third-order valence-corrected chi connectivity index (χ3v) is 3.64. The van der Waals surface area contributed by atoms with Crippen LogP contribution in [0.4, 0.5) is 0 Å². The summed E-state index contributed by atoms with van der Waals surface area (Å²) < 4.78 is 11.1. The highest BCUT2D eigenvalue weighted by molar-refractivity contribution is 5.01. The topological polar surface area (TPSA) is 30.5 Å². The Balaban J connectivity index is 2.21. The van der Waals surface area contributed by atoms with Crippen molar-refractivity contribution in [1.29, 1.82) is 0 Å². The summed E-state index contributed by atoms with van der Waals surface area (Å²) in [5.74, 6) is 1.02. The monoisotopic (exact) mass is 185 g/mol.